The highest BCUT2D eigenvalue weighted by molar-refractivity contribution is 5.92. The third-order valence-electron chi connectivity index (χ3n) is 6.07. The molecular formula is C24H25FN8O2. The SMILES string of the molecule is COc1cc(CN2C(=O)c3nc(-c4nc(Nc5ccnn5C)ncc4C)cn3C[C@@H]2C)ccc1F. The molecule has 0 bridgehead atoms. The number of nitrogens with one attached hydrogen (secondary N) is 1. The lowest BCUT2D eigenvalue weighted by Gasteiger charge is -2.33. The monoisotopic (exact) mass is 476 g/mol. The molecule has 1 atom stereocenters. The van der Waals surface area contributed by atoms with Crippen molar-refractivity contribution in [2.75, 3.05) is 12.4 Å². The molecule has 1 aromatic carbocycles. The van der Waals surface area contributed by atoms with Crippen molar-refractivity contribution in [1.29, 1.82) is 0 Å². The van der Waals surface area contributed by atoms with Crippen molar-refractivity contribution in [2.24, 2.45) is 7.05 Å². The first kappa shape index (κ1) is 22.5. The maximum Gasteiger partial charge on any atom is 0.290 e. The van der Waals surface area contributed by atoms with Crippen molar-refractivity contribution in [3.63, 3.8) is 0 Å². The van der Waals surface area contributed by atoms with Crippen molar-refractivity contribution in [2.45, 2.75) is 33.0 Å². The Morgan fingerprint density at radius 2 is 2.09 bits per heavy atom. The van der Waals surface area contributed by atoms with Crippen LogP contribution in [-0.4, -0.2) is 53.3 Å². The van der Waals surface area contributed by atoms with Gasteiger partial charge in [0.05, 0.1) is 19.0 Å². The van der Waals surface area contributed by atoms with E-state index in [0.29, 0.717) is 36.3 Å². The van der Waals surface area contributed by atoms with Gasteiger partial charge in [0.2, 0.25) is 5.95 Å². The summed E-state index contributed by atoms with van der Waals surface area (Å²) in [4.78, 5) is 28.8. The summed E-state index contributed by atoms with van der Waals surface area (Å²) in [7, 11) is 3.24. The number of halogens is 1. The number of anilines is 2. The van der Waals surface area contributed by atoms with Crippen molar-refractivity contribution in [3.8, 4) is 17.1 Å². The van der Waals surface area contributed by atoms with E-state index in [0.717, 1.165) is 16.9 Å². The molecule has 0 fully saturated rings. The molecule has 1 amide bonds. The fourth-order valence-electron chi connectivity index (χ4n) is 4.15. The minimum Gasteiger partial charge on any atom is -0.494 e. The van der Waals surface area contributed by atoms with Gasteiger partial charge < -0.3 is 19.5 Å². The predicted octanol–water partition coefficient (Wildman–Crippen LogP) is 3.32. The number of benzene rings is 1. The van der Waals surface area contributed by atoms with Crippen molar-refractivity contribution in [3.05, 3.63) is 65.6 Å². The first-order chi connectivity index (χ1) is 16.8. The lowest BCUT2D eigenvalue weighted by molar-refractivity contribution is 0.0587. The lowest BCUT2D eigenvalue weighted by atomic mass is 10.1. The summed E-state index contributed by atoms with van der Waals surface area (Å²) in [5, 5.41) is 7.28. The third-order valence-corrected chi connectivity index (χ3v) is 6.07. The minimum absolute atomic E-state index is 0.0818. The average Bonchev–Trinajstić information content (AvgIpc) is 3.45. The minimum atomic E-state index is -0.438. The molecule has 5 rings (SSSR count). The van der Waals surface area contributed by atoms with Crippen molar-refractivity contribution < 1.29 is 13.9 Å². The van der Waals surface area contributed by atoms with Crippen LogP contribution in [-0.2, 0) is 20.1 Å². The second kappa shape index (κ2) is 8.82. The number of ether oxygens (including phenoxy) is 1. The largest absolute Gasteiger partial charge is 0.494 e. The molecule has 0 radical (unpaired) electrons. The van der Waals surface area contributed by atoms with E-state index < -0.39 is 5.82 Å². The molecule has 10 nitrogen and oxygen atoms in total. The zero-order valence-electron chi connectivity index (χ0n) is 19.9. The lowest BCUT2D eigenvalue weighted by Crippen LogP contribution is -2.46. The van der Waals surface area contributed by atoms with Crippen molar-refractivity contribution in [1.82, 2.24) is 34.2 Å². The Morgan fingerprint density at radius 1 is 1.26 bits per heavy atom. The molecule has 0 saturated heterocycles. The summed E-state index contributed by atoms with van der Waals surface area (Å²) >= 11 is 0. The number of hydrogen-bond donors (Lipinski definition) is 1. The highest BCUT2D eigenvalue weighted by Crippen LogP contribution is 2.27. The topological polar surface area (TPSA) is 103 Å². The van der Waals surface area contributed by atoms with E-state index in [1.54, 1.807) is 34.1 Å². The van der Waals surface area contributed by atoms with Gasteiger partial charge in [-0.05, 0) is 37.1 Å². The van der Waals surface area contributed by atoms with Gasteiger partial charge in [-0.2, -0.15) is 5.10 Å². The Hall–Kier alpha value is -4.28. The summed E-state index contributed by atoms with van der Waals surface area (Å²) in [5.41, 5.74) is 2.86. The van der Waals surface area contributed by atoms with E-state index in [1.807, 2.05) is 37.7 Å². The Morgan fingerprint density at radius 3 is 2.83 bits per heavy atom. The number of imidazole rings is 1. The number of methoxy groups -OCH3 is 1. The molecule has 0 aliphatic carbocycles. The number of carbonyl (C=O) groups is 1. The highest BCUT2D eigenvalue weighted by atomic mass is 19.1. The van der Waals surface area contributed by atoms with Gasteiger partial charge in [-0.1, -0.05) is 6.07 Å². The van der Waals surface area contributed by atoms with E-state index in [-0.39, 0.29) is 17.7 Å². The van der Waals surface area contributed by atoms with E-state index in [1.165, 1.54) is 13.2 Å². The standard InChI is InChI=1S/C24H25FN8O2/c1-14-10-26-24(29-20-7-8-27-31(20)3)30-21(14)18-13-32-11-15(2)33(23(34)22(32)28-18)12-16-5-6-17(25)19(9-16)35-4/h5-10,13,15H,11-12H2,1-4H3,(H,26,29,30)/t15-/m0/s1. The fourth-order valence-corrected chi connectivity index (χ4v) is 4.15. The summed E-state index contributed by atoms with van der Waals surface area (Å²) in [5.74, 6) is 1.02. The van der Waals surface area contributed by atoms with Crippen LogP contribution in [0.1, 0.15) is 28.7 Å². The van der Waals surface area contributed by atoms with Crippen LogP contribution in [0, 0.1) is 12.7 Å². The Bertz CT molecular complexity index is 1410. The van der Waals surface area contributed by atoms with Crippen LogP contribution < -0.4 is 10.1 Å². The van der Waals surface area contributed by atoms with E-state index in [9.17, 15) is 9.18 Å². The predicted molar refractivity (Wildman–Crippen MR) is 127 cm³/mol. The van der Waals surface area contributed by atoms with E-state index >= 15 is 0 Å². The van der Waals surface area contributed by atoms with Gasteiger partial charge in [-0.25, -0.2) is 19.3 Å². The Balaban J connectivity index is 1.43. The van der Waals surface area contributed by atoms with Gasteiger partial charge in [0, 0.05) is 44.6 Å². The zero-order chi connectivity index (χ0) is 24.7. The maximum atomic E-state index is 13.8. The van der Waals surface area contributed by atoms with Gasteiger partial charge in [0.1, 0.15) is 11.5 Å². The Labute approximate surface area is 201 Å². The van der Waals surface area contributed by atoms with Crippen LogP contribution in [0.25, 0.3) is 11.4 Å². The summed E-state index contributed by atoms with van der Waals surface area (Å²) in [6, 6.07) is 6.36. The molecule has 180 valence electrons. The molecule has 4 aromatic rings. The average molecular weight is 477 g/mol. The first-order valence-corrected chi connectivity index (χ1v) is 11.1. The number of rotatable bonds is 6. The number of hydrogen-bond acceptors (Lipinski definition) is 7. The van der Waals surface area contributed by atoms with Gasteiger partial charge in [0.25, 0.3) is 5.91 Å². The molecule has 0 saturated carbocycles. The van der Waals surface area contributed by atoms with Crippen molar-refractivity contribution >= 4 is 17.7 Å². The molecule has 0 unspecified atom stereocenters. The van der Waals surface area contributed by atoms with Crippen LogP contribution in [0.3, 0.4) is 0 Å². The summed E-state index contributed by atoms with van der Waals surface area (Å²) in [6.45, 7) is 4.79. The maximum absolute atomic E-state index is 13.8. The smallest absolute Gasteiger partial charge is 0.290 e. The van der Waals surface area contributed by atoms with Gasteiger partial charge in [0.15, 0.2) is 17.4 Å². The molecule has 1 aliphatic heterocycles. The van der Waals surface area contributed by atoms with E-state index in [4.69, 9.17) is 4.74 Å². The van der Waals surface area contributed by atoms with E-state index in [2.05, 4.69) is 25.4 Å². The highest BCUT2D eigenvalue weighted by Gasteiger charge is 2.32. The van der Waals surface area contributed by atoms with Crippen LogP contribution in [0.2, 0.25) is 0 Å². The number of amides is 1. The van der Waals surface area contributed by atoms with Crippen LogP contribution in [0.15, 0.2) is 42.9 Å². The van der Waals surface area contributed by atoms with Crippen LogP contribution >= 0.6 is 0 Å². The Kier molecular flexibility index (Phi) is 5.67. The van der Waals surface area contributed by atoms with Gasteiger partial charge >= 0.3 is 0 Å². The second-order valence-corrected chi connectivity index (χ2v) is 8.54. The quantitative estimate of drug-likeness (QED) is 0.455. The second-order valence-electron chi connectivity index (χ2n) is 8.54. The van der Waals surface area contributed by atoms with Crippen LogP contribution in [0.5, 0.6) is 5.75 Å². The molecule has 11 heteroatoms. The molecule has 35 heavy (non-hydrogen) atoms. The molecule has 1 N–H and O–H groups in total. The summed E-state index contributed by atoms with van der Waals surface area (Å²) < 4.78 is 22.4. The molecule has 4 heterocycles. The number of aryl methyl sites for hydroxylation is 2. The van der Waals surface area contributed by atoms with Gasteiger partial charge in [-0.15, -0.1) is 0 Å². The van der Waals surface area contributed by atoms with Gasteiger partial charge in [-0.3, -0.25) is 9.48 Å². The first-order valence-electron chi connectivity index (χ1n) is 11.1. The van der Waals surface area contributed by atoms with Crippen LogP contribution in [0.4, 0.5) is 16.2 Å². The molecule has 0 spiro atoms. The third kappa shape index (κ3) is 4.20. The molecule has 1 aliphatic rings. The number of fused-ring (bicyclic) bond motifs is 1. The number of nitrogens with zero attached hydrogens (tertiary/aromatic N) is 7. The fraction of sp³-hybridized carbons (Fsp3) is 0.292. The number of aromatic nitrogens is 6. The molecule has 3 aromatic heterocycles. The summed E-state index contributed by atoms with van der Waals surface area (Å²) in [6.07, 6.45) is 5.25. The molecular weight excluding hydrogens is 451 g/mol. The normalized spacial score (nSPS) is 15.3. The zero-order valence-corrected chi connectivity index (χ0v) is 19.9. The number of carbonyl (C=O) groups excluding carboxylic acids is 1.